The first kappa shape index (κ1) is 13.7. The molecule has 5 nitrogen and oxygen atoms in total. The number of likely N-dealkylation sites (tertiary alicyclic amines) is 2. The van der Waals surface area contributed by atoms with E-state index < -0.39 is 0 Å². The second kappa shape index (κ2) is 5.37. The molecule has 2 fully saturated rings. The monoisotopic (exact) mass is 315 g/mol. The topological polar surface area (TPSA) is 56.7 Å². The van der Waals surface area contributed by atoms with Crippen molar-refractivity contribution in [3.63, 3.8) is 0 Å². The van der Waals surface area contributed by atoms with Crippen molar-refractivity contribution in [1.82, 2.24) is 14.8 Å². The molecule has 6 heteroatoms. The Labute approximate surface area is 132 Å². The van der Waals surface area contributed by atoms with E-state index >= 15 is 0 Å². The van der Waals surface area contributed by atoms with E-state index in [1.807, 2.05) is 22.4 Å². The van der Waals surface area contributed by atoms with Crippen molar-refractivity contribution in [1.29, 1.82) is 0 Å². The molecule has 2 atom stereocenters. The number of hydrogen-bond donors (Lipinski definition) is 1. The lowest BCUT2D eigenvalue weighted by atomic mass is 9.91. The SMILES string of the molecule is O=C(c1cscn1)N1C[C@@H]2CN(Cc3ccc(O)cc3)[C@H]2C1. The first-order chi connectivity index (χ1) is 10.7. The van der Waals surface area contributed by atoms with Crippen molar-refractivity contribution < 1.29 is 9.90 Å². The number of thiazole rings is 1. The number of hydrogen-bond acceptors (Lipinski definition) is 5. The molecule has 1 amide bonds. The van der Waals surface area contributed by atoms with Gasteiger partial charge in [-0.2, -0.15) is 0 Å². The lowest BCUT2D eigenvalue weighted by Crippen LogP contribution is -2.54. The van der Waals surface area contributed by atoms with Gasteiger partial charge in [0.15, 0.2) is 0 Å². The Balaban J connectivity index is 1.39. The number of fused-ring (bicyclic) bond motifs is 1. The van der Waals surface area contributed by atoms with Crippen LogP contribution in [0.1, 0.15) is 16.1 Å². The van der Waals surface area contributed by atoms with Gasteiger partial charge in [0.25, 0.3) is 5.91 Å². The number of aromatic nitrogens is 1. The van der Waals surface area contributed by atoms with Gasteiger partial charge in [0.1, 0.15) is 11.4 Å². The number of aromatic hydroxyl groups is 1. The molecule has 0 unspecified atom stereocenters. The summed E-state index contributed by atoms with van der Waals surface area (Å²) in [6, 6.07) is 7.81. The summed E-state index contributed by atoms with van der Waals surface area (Å²) in [5.41, 5.74) is 3.46. The first-order valence-electron chi connectivity index (χ1n) is 7.40. The second-order valence-corrected chi connectivity index (χ2v) is 6.73. The van der Waals surface area contributed by atoms with Gasteiger partial charge in [-0.15, -0.1) is 11.3 Å². The van der Waals surface area contributed by atoms with E-state index in [4.69, 9.17) is 0 Å². The number of phenolic OH excluding ortho intramolecular Hbond substituents is 1. The Kier molecular flexibility index (Phi) is 3.35. The predicted molar refractivity (Wildman–Crippen MR) is 83.8 cm³/mol. The van der Waals surface area contributed by atoms with Gasteiger partial charge >= 0.3 is 0 Å². The number of carbonyl (C=O) groups is 1. The Bertz CT molecular complexity index is 671. The zero-order valence-corrected chi connectivity index (χ0v) is 12.9. The van der Waals surface area contributed by atoms with Crippen LogP contribution in [0, 0.1) is 5.92 Å². The number of rotatable bonds is 3. The van der Waals surface area contributed by atoms with Gasteiger partial charge in [0.05, 0.1) is 5.51 Å². The molecule has 4 rings (SSSR count). The lowest BCUT2D eigenvalue weighted by molar-refractivity contribution is 0.0433. The van der Waals surface area contributed by atoms with Crippen LogP contribution in [0.25, 0.3) is 0 Å². The molecule has 2 aliphatic heterocycles. The predicted octanol–water partition coefficient (Wildman–Crippen LogP) is 1.81. The van der Waals surface area contributed by atoms with E-state index in [9.17, 15) is 9.90 Å². The minimum atomic E-state index is 0.0558. The van der Waals surface area contributed by atoms with Gasteiger partial charge in [0.2, 0.25) is 0 Å². The van der Waals surface area contributed by atoms with Crippen LogP contribution in [0.5, 0.6) is 5.75 Å². The quantitative estimate of drug-likeness (QED) is 0.938. The number of nitrogens with zero attached hydrogens (tertiary/aromatic N) is 3. The Morgan fingerprint density at radius 2 is 2.09 bits per heavy atom. The van der Waals surface area contributed by atoms with E-state index in [0.717, 1.165) is 26.2 Å². The molecule has 0 radical (unpaired) electrons. The van der Waals surface area contributed by atoms with E-state index in [-0.39, 0.29) is 5.91 Å². The molecule has 2 aliphatic rings. The molecule has 1 aromatic carbocycles. The molecule has 0 bridgehead atoms. The minimum absolute atomic E-state index is 0.0558. The molecular formula is C16H17N3O2S. The smallest absolute Gasteiger partial charge is 0.273 e. The fourth-order valence-electron chi connectivity index (χ4n) is 3.41. The van der Waals surface area contributed by atoms with Gasteiger partial charge < -0.3 is 10.0 Å². The van der Waals surface area contributed by atoms with Crippen LogP contribution >= 0.6 is 11.3 Å². The maximum Gasteiger partial charge on any atom is 0.273 e. The van der Waals surface area contributed by atoms with E-state index in [1.54, 1.807) is 17.6 Å². The zero-order chi connectivity index (χ0) is 15.1. The number of benzene rings is 1. The lowest BCUT2D eigenvalue weighted by Gasteiger charge is -2.43. The summed E-state index contributed by atoms with van der Waals surface area (Å²) in [5.74, 6) is 0.936. The largest absolute Gasteiger partial charge is 0.508 e. The third-order valence-corrected chi connectivity index (χ3v) is 5.19. The molecule has 1 N–H and O–H groups in total. The molecule has 0 spiro atoms. The van der Waals surface area contributed by atoms with Gasteiger partial charge in [-0.1, -0.05) is 12.1 Å². The first-order valence-corrected chi connectivity index (χ1v) is 8.34. The maximum absolute atomic E-state index is 12.4. The third kappa shape index (κ3) is 2.38. The molecule has 1 aromatic heterocycles. The number of amides is 1. The highest BCUT2D eigenvalue weighted by atomic mass is 32.1. The second-order valence-electron chi connectivity index (χ2n) is 6.01. The van der Waals surface area contributed by atoms with Gasteiger partial charge in [-0.25, -0.2) is 4.98 Å². The molecule has 2 aromatic rings. The highest BCUT2D eigenvalue weighted by molar-refractivity contribution is 7.07. The minimum Gasteiger partial charge on any atom is -0.508 e. The normalized spacial score (nSPS) is 24.1. The van der Waals surface area contributed by atoms with Crippen molar-refractivity contribution in [2.75, 3.05) is 19.6 Å². The molecule has 2 saturated heterocycles. The number of carbonyl (C=O) groups excluding carboxylic acids is 1. The Morgan fingerprint density at radius 1 is 1.27 bits per heavy atom. The summed E-state index contributed by atoms with van der Waals surface area (Å²) in [6.07, 6.45) is 0. The summed E-state index contributed by atoms with van der Waals surface area (Å²) >= 11 is 1.46. The van der Waals surface area contributed by atoms with Crippen LogP contribution in [0.15, 0.2) is 35.2 Å². The fraction of sp³-hybridized carbons (Fsp3) is 0.375. The number of phenols is 1. The molecule has 0 saturated carbocycles. The maximum atomic E-state index is 12.4. The van der Waals surface area contributed by atoms with E-state index in [1.165, 1.54) is 16.9 Å². The Morgan fingerprint density at radius 3 is 2.82 bits per heavy atom. The van der Waals surface area contributed by atoms with Crippen LogP contribution in [-0.4, -0.2) is 51.5 Å². The van der Waals surface area contributed by atoms with Gasteiger partial charge in [-0.3, -0.25) is 9.69 Å². The zero-order valence-electron chi connectivity index (χ0n) is 12.1. The van der Waals surface area contributed by atoms with Crippen molar-refractivity contribution in [2.24, 2.45) is 5.92 Å². The van der Waals surface area contributed by atoms with E-state index in [0.29, 0.717) is 23.4 Å². The molecule has 114 valence electrons. The van der Waals surface area contributed by atoms with Crippen molar-refractivity contribution in [3.8, 4) is 5.75 Å². The summed E-state index contributed by atoms with van der Waals surface area (Å²) < 4.78 is 0. The Hall–Kier alpha value is -1.92. The third-order valence-electron chi connectivity index (χ3n) is 4.61. The average Bonchev–Trinajstić information content (AvgIpc) is 3.14. The summed E-state index contributed by atoms with van der Waals surface area (Å²) in [4.78, 5) is 20.8. The van der Waals surface area contributed by atoms with Gasteiger partial charge in [0, 0.05) is 43.5 Å². The highest BCUT2D eigenvalue weighted by Crippen LogP contribution is 2.34. The summed E-state index contributed by atoms with van der Waals surface area (Å²) in [5, 5.41) is 11.2. The van der Waals surface area contributed by atoms with Crippen LogP contribution in [0.3, 0.4) is 0 Å². The summed E-state index contributed by atoms with van der Waals surface area (Å²) in [7, 11) is 0. The standard InChI is InChI=1S/C16H17N3O2S/c20-13-3-1-11(2-4-13)5-18-6-12-7-19(8-15(12)18)16(21)14-9-22-10-17-14/h1-4,9-10,12,15,20H,5-8H2/t12-,15-/m0/s1. The van der Waals surface area contributed by atoms with Crippen LogP contribution in [0.2, 0.25) is 0 Å². The molecule has 22 heavy (non-hydrogen) atoms. The fourth-order valence-corrected chi connectivity index (χ4v) is 3.94. The van der Waals surface area contributed by atoms with E-state index in [2.05, 4.69) is 9.88 Å². The van der Waals surface area contributed by atoms with Crippen LogP contribution < -0.4 is 0 Å². The van der Waals surface area contributed by atoms with Crippen LogP contribution in [-0.2, 0) is 6.54 Å². The molecular weight excluding hydrogens is 298 g/mol. The molecule has 0 aliphatic carbocycles. The summed E-state index contributed by atoms with van der Waals surface area (Å²) in [6.45, 7) is 3.54. The van der Waals surface area contributed by atoms with Crippen molar-refractivity contribution in [2.45, 2.75) is 12.6 Å². The van der Waals surface area contributed by atoms with Crippen LogP contribution in [0.4, 0.5) is 0 Å². The van der Waals surface area contributed by atoms with Crippen molar-refractivity contribution in [3.05, 3.63) is 46.4 Å². The highest BCUT2D eigenvalue weighted by Gasteiger charge is 2.46. The van der Waals surface area contributed by atoms with Crippen molar-refractivity contribution >= 4 is 17.2 Å². The average molecular weight is 315 g/mol. The molecule has 3 heterocycles. The van der Waals surface area contributed by atoms with Gasteiger partial charge in [-0.05, 0) is 17.7 Å².